The van der Waals surface area contributed by atoms with Gasteiger partial charge in [-0.05, 0) is 19.9 Å². The minimum atomic E-state index is 0.650. The van der Waals surface area contributed by atoms with Crippen molar-refractivity contribution < 1.29 is 14.1 Å². The first-order valence-corrected chi connectivity index (χ1v) is 5.40. The van der Waals surface area contributed by atoms with Crippen LogP contribution in [0.3, 0.4) is 0 Å². The summed E-state index contributed by atoms with van der Waals surface area (Å²) < 4.78 is 14.8. The van der Waals surface area contributed by atoms with Gasteiger partial charge < -0.3 is 14.8 Å². The van der Waals surface area contributed by atoms with E-state index in [1.807, 2.05) is 6.92 Å². The zero-order valence-electron chi connectivity index (χ0n) is 9.86. The highest BCUT2D eigenvalue weighted by Crippen LogP contribution is 1.98. The Morgan fingerprint density at radius 1 is 1.25 bits per heavy atom. The summed E-state index contributed by atoms with van der Waals surface area (Å²) in [5, 5.41) is 10.7. The molecule has 6 heteroatoms. The van der Waals surface area contributed by atoms with E-state index >= 15 is 0 Å². The Kier molecular flexibility index (Phi) is 6.71. The molecule has 0 bridgehead atoms. The van der Waals surface area contributed by atoms with Crippen LogP contribution in [0.25, 0.3) is 0 Å². The van der Waals surface area contributed by atoms with Crippen molar-refractivity contribution in [1.82, 2.24) is 15.6 Å². The fourth-order valence-electron chi connectivity index (χ4n) is 1.16. The fraction of sp³-hybridized carbons (Fsp3) is 0.800. The normalized spacial score (nSPS) is 10.9. The number of nitrogens with zero attached hydrogens (tertiary/aromatic N) is 2. The van der Waals surface area contributed by atoms with Gasteiger partial charge in [0.1, 0.15) is 11.4 Å². The predicted molar refractivity (Wildman–Crippen MR) is 58.1 cm³/mol. The number of aryl methyl sites for hydroxylation is 1. The number of ether oxygens (including phenoxy) is 2. The summed E-state index contributed by atoms with van der Waals surface area (Å²) in [6.07, 6.45) is 0.966. The third-order valence-electron chi connectivity index (χ3n) is 2.11. The molecule has 0 aromatic carbocycles. The summed E-state index contributed by atoms with van der Waals surface area (Å²) in [5.74, 6) is 0. The van der Waals surface area contributed by atoms with E-state index in [9.17, 15) is 0 Å². The topological polar surface area (TPSA) is 69.4 Å². The van der Waals surface area contributed by atoms with Crippen LogP contribution in [0.5, 0.6) is 0 Å². The smallest absolute Gasteiger partial charge is 0.121 e. The second kappa shape index (κ2) is 8.20. The van der Waals surface area contributed by atoms with Crippen molar-refractivity contribution in [2.75, 3.05) is 33.5 Å². The molecule has 0 amide bonds. The number of hydrogen-bond acceptors (Lipinski definition) is 6. The van der Waals surface area contributed by atoms with E-state index in [1.54, 1.807) is 7.11 Å². The van der Waals surface area contributed by atoms with Gasteiger partial charge in [-0.25, -0.2) is 4.63 Å². The first kappa shape index (κ1) is 13.1. The molecule has 0 atom stereocenters. The number of nitrogens with one attached hydrogen (secondary N) is 1. The summed E-state index contributed by atoms with van der Waals surface area (Å²) in [6.45, 7) is 5.50. The highest BCUT2D eigenvalue weighted by molar-refractivity contribution is 5.03. The van der Waals surface area contributed by atoms with Crippen molar-refractivity contribution in [2.45, 2.75) is 19.9 Å². The summed E-state index contributed by atoms with van der Waals surface area (Å²) in [6, 6.07) is 0. The summed E-state index contributed by atoms with van der Waals surface area (Å²) in [4.78, 5) is 0. The van der Waals surface area contributed by atoms with Gasteiger partial charge >= 0.3 is 0 Å². The van der Waals surface area contributed by atoms with Gasteiger partial charge in [0.15, 0.2) is 0 Å². The highest BCUT2D eigenvalue weighted by atomic mass is 16.6. The summed E-state index contributed by atoms with van der Waals surface area (Å²) >= 11 is 0. The molecule has 1 N–H and O–H groups in total. The van der Waals surface area contributed by atoms with Crippen molar-refractivity contribution in [3.8, 4) is 0 Å². The number of methoxy groups -OCH3 is 1. The zero-order chi connectivity index (χ0) is 11.6. The molecule has 1 aromatic rings. The molecule has 1 heterocycles. The molecule has 0 saturated heterocycles. The zero-order valence-corrected chi connectivity index (χ0v) is 9.86. The third-order valence-corrected chi connectivity index (χ3v) is 2.11. The number of aromatic nitrogens is 2. The van der Waals surface area contributed by atoms with Crippen LogP contribution in [0.15, 0.2) is 4.63 Å². The van der Waals surface area contributed by atoms with E-state index in [2.05, 4.69) is 20.3 Å². The van der Waals surface area contributed by atoms with E-state index in [4.69, 9.17) is 9.47 Å². The minimum Gasteiger partial charge on any atom is -0.382 e. The Bertz CT molecular complexity index is 278. The van der Waals surface area contributed by atoms with Crippen molar-refractivity contribution in [3.05, 3.63) is 11.4 Å². The standard InChI is InChI=1S/C10H19N3O3/c1-9-10(13-16-12-9)8-11-4-3-5-15-7-6-14-2/h11H,3-8H2,1-2H3. The molecule has 0 fully saturated rings. The van der Waals surface area contributed by atoms with Crippen LogP contribution in [-0.4, -0.2) is 43.8 Å². The molecular weight excluding hydrogens is 210 g/mol. The Morgan fingerprint density at radius 3 is 2.81 bits per heavy atom. The van der Waals surface area contributed by atoms with Crippen LogP contribution in [0.1, 0.15) is 17.8 Å². The fourth-order valence-corrected chi connectivity index (χ4v) is 1.16. The molecule has 16 heavy (non-hydrogen) atoms. The van der Waals surface area contributed by atoms with Crippen LogP contribution in [0.4, 0.5) is 0 Å². The molecule has 6 nitrogen and oxygen atoms in total. The third kappa shape index (κ3) is 5.20. The minimum absolute atomic E-state index is 0.650. The van der Waals surface area contributed by atoms with E-state index in [0.29, 0.717) is 19.8 Å². The lowest BCUT2D eigenvalue weighted by atomic mass is 10.3. The average molecular weight is 229 g/mol. The van der Waals surface area contributed by atoms with Gasteiger partial charge in [-0.1, -0.05) is 10.3 Å². The van der Waals surface area contributed by atoms with Crippen LogP contribution >= 0.6 is 0 Å². The van der Waals surface area contributed by atoms with Gasteiger partial charge in [-0.3, -0.25) is 0 Å². The van der Waals surface area contributed by atoms with Crippen LogP contribution < -0.4 is 5.32 Å². The van der Waals surface area contributed by atoms with Crippen molar-refractivity contribution >= 4 is 0 Å². The van der Waals surface area contributed by atoms with E-state index < -0.39 is 0 Å². The first-order valence-electron chi connectivity index (χ1n) is 5.40. The Balaban J connectivity index is 1.91. The summed E-state index contributed by atoms with van der Waals surface area (Å²) in [7, 11) is 1.67. The van der Waals surface area contributed by atoms with Gasteiger partial charge in [0, 0.05) is 20.3 Å². The monoisotopic (exact) mass is 229 g/mol. The maximum absolute atomic E-state index is 5.32. The molecule has 0 saturated carbocycles. The second-order valence-electron chi connectivity index (χ2n) is 3.43. The molecule has 0 radical (unpaired) electrons. The molecule has 92 valence electrons. The maximum Gasteiger partial charge on any atom is 0.121 e. The lowest BCUT2D eigenvalue weighted by Crippen LogP contribution is -2.17. The molecule has 0 aliphatic carbocycles. The van der Waals surface area contributed by atoms with Crippen molar-refractivity contribution in [3.63, 3.8) is 0 Å². The quantitative estimate of drug-likeness (QED) is 0.623. The second-order valence-corrected chi connectivity index (χ2v) is 3.43. The lowest BCUT2D eigenvalue weighted by molar-refractivity contribution is 0.0694. The Hall–Kier alpha value is -0.980. The van der Waals surface area contributed by atoms with Gasteiger partial charge in [0.2, 0.25) is 0 Å². The van der Waals surface area contributed by atoms with Crippen LogP contribution in [0, 0.1) is 6.92 Å². The Morgan fingerprint density at radius 2 is 2.12 bits per heavy atom. The molecule has 0 unspecified atom stereocenters. The molecule has 0 aliphatic rings. The molecular formula is C10H19N3O3. The van der Waals surface area contributed by atoms with E-state index in [0.717, 1.165) is 31.0 Å². The average Bonchev–Trinajstić information content (AvgIpc) is 2.68. The lowest BCUT2D eigenvalue weighted by Gasteiger charge is -2.04. The molecule has 0 spiro atoms. The largest absolute Gasteiger partial charge is 0.382 e. The maximum atomic E-state index is 5.32. The van der Waals surface area contributed by atoms with Gasteiger partial charge in [-0.15, -0.1) is 0 Å². The van der Waals surface area contributed by atoms with Crippen LogP contribution in [0.2, 0.25) is 0 Å². The molecule has 1 rings (SSSR count). The molecule has 1 aromatic heterocycles. The highest BCUT2D eigenvalue weighted by Gasteiger charge is 2.02. The van der Waals surface area contributed by atoms with Crippen LogP contribution in [-0.2, 0) is 16.0 Å². The van der Waals surface area contributed by atoms with E-state index in [1.165, 1.54) is 0 Å². The van der Waals surface area contributed by atoms with Gasteiger partial charge in [0.05, 0.1) is 13.2 Å². The van der Waals surface area contributed by atoms with Crippen molar-refractivity contribution in [2.24, 2.45) is 0 Å². The Labute approximate surface area is 95.3 Å². The van der Waals surface area contributed by atoms with E-state index in [-0.39, 0.29) is 0 Å². The first-order chi connectivity index (χ1) is 7.84. The predicted octanol–water partition coefficient (Wildman–Crippen LogP) is 0.521. The molecule has 0 aliphatic heterocycles. The van der Waals surface area contributed by atoms with Gasteiger partial charge in [-0.2, -0.15) is 0 Å². The number of rotatable bonds is 9. The summed E-state index contributed by atoms with van der Waals surface area (Å²) in [5.41, 5.74) is 1.70. The van der Waals surface area contributed by atoms with Gasteiger partial charge in [0.25, 0.3) is 0 Å². The van der Waals surface area contributed by atoms with Crippen molar-refractivity contribution in [1.29, 1.82) is 0 Å². The number of hydrogen-bond donors (Lipinski definition) is 1. The SMILES string of the molecule is COCCOCCCNCc1nonc1C.